The van der Waals surface area contributed by atoms with Crippen LogP contribution in [0.3, 0.4) is 0 Å². The molecule has 1 N–H and O–H groups in total. The van der Waals surface area contributed by atoms with Crippen LogP contribution in [0.15, 0.2) is 24.3 Å². The number of carbonyl (C=O) groups is 1. The first-order valence-electron chi connectivity index (χ1n) is 6.71. The second-order valence-corrected chi connectivity index (χ2v) is 4.69. The summed E-state index contributed by atoms with van der Waals surface area (Å²) in [5, 5.41) is 8.91. The molecule has 0 aromatic heterocycles. The molecule has 0 aliphatic carbocycles. The molecule has 0 unspecified atom stereocenters. The van der Waals surface area contributed by atoms with E-state index < -0.39 is 0 Å². The smallest absolute Gasteiger partial charge is 0.227 e. The van der Waals surface area contributed by atoms with E-state index in [4.69, 9.17) is 9.84 Å². The molecule has 1 aromatic carbocycles. The molecule has 0 bridgehead atoms. The van der Waals surface area contributed by atoms with Gasteiger partial charge >= 0.3 is 0 Å². The minimum absolute atomic E-state index is 0.00389. The van der Waals surface area contributed by atoms with Crippen LogP contribution in [-0.4, -0.2) is 41.7 Å². The van der Waals surface area contributed by atoms with Crippen molar-refractivity contribution in [1.29, 1.82) is 0 Å². The van der Waals surface area contributed by atoms with Crippen molar-refractivity contribution in [1.82, 2.24) is 4.90 Å². The molecular formula is C15H23NO3. The van der Waals surface area contributed by atoms with Crippen LogP contribution in [0.25, 0.3) is 0 Å². The number of hydrogen-bond donors (Lipinski definition) is 1. The third-order valence-corrected chi connectivity index (χ3v) is 2.73. The Labute approximate surface area is 115 Å². The van der Waals surface area contributed by atoms with Crippen molar-refractivity contribution >= 4 is 5.91 Å². The SMILES string of the molecule is CCN(CCO)C(=O)Cc1cccc(OC(C)C)c1. The summed E-state index contributed by atoms with van der Waals surface area (Å²) in [4.78, 5) is 13.7. The van der Waals surface area contributed by atoms with Crippen LogP contribution < -0.4 is 4.74 Å². The van der Waals surface area contributed by atoms with Crippen molar-refractivity contribution in [2.45, 2.75) is 33.3 Å². The van der Waals surface area contributed by atoms with Crippen molar-refractivity contribution in [2.75, 3.05) is 19.7 Å². The number of carbonyl (C=O) groups excluding carboxylic acids is 1. The number of rotatable bonds is 7. The largest absolute Gasteiger partial charge is 0.491 e. The van der Waals surface area contributed by atoms with Gasteiger partial charge in [-0.05, 0) is 38.5 Å². The van der Waals surface area contributed by atoms with Gasteiger partial charge in [0.25, 0.3) is 0 Å². The zero-order chi connectivity index (χ0) is 14.3. The van der Waals surface area contributed by atoms with Gasteiger partial charge in [-0.1, -0.05) is 12.1 Å². The number of likely N-dealkylation sites (N-methyl/N-ethyl adjacent to an activating group) is 1. The highest BCUT2D eigenvalue weighted by atomic mass is 16.5. The van der Waals surface area contributed by atoms with Gasteiger partial charge < -0.3 is 14.7 Å². The minimum atomic E-state index is -0.00389. The quantitative estimate of drug-likeness (QED) is 0.818. The molecule has 0 heterocycles. The maximum atomic E-state index is 12.0. The fourth-order valence-corrected chi connectivity index (χ4v) is 1.87. The lowest BCUT2D eigenvalue weighted by Gasteiger charge is -2.19. The van der Waals surface area contributed by atoms with Gasteiger partial charge in [-0.15, -0.1) is 0 Å². The van der Waals surface area contributed by atoms with Gasteiger partial charge in [-0.3, -0.25) is 4.79 Å². The van der Waals surface area contributed by atoms with E-state index in [0.29, 0.717) is 19.5 Å². The molecule has 0 saturated heterocycles. The highest BCUT2D eigenvalue weighted by Gasteiger charge is 2.12. The summed E-state index contributed by atoms with van der Waals surface area (Å²) in [6.07, 6.45) is 0.454. The van der Waals surface area contributed by atoms with E-state index in [1.807, 2.05) is 45.0 Å². The molecule has 0 spiro atoms. The van der Waals surface area contributed by atoms with Crippen molar-refractivity contribution in [3.05, 3.63) is 29.8 Å². The zero-order valence-corrected chi connectivity index (χ0v) is 11.9. The van der Waals surface area contributed by atoms with Crippen molar-refractivity contribution in [3.63, 3.8) is 0 Å². The monoisotopic (exact) mass is 265 g/mol. The molecule has 1 aromatic rings. The number of benzene rings is 1. The third kappa shape index (κ3) is 5.30. The normalized spacial score (nSPS) is 10.6. The summed E-state index contributed by atoms with van der Waals surface area (Å²) in [6.45, 7) is 6.84. The second kappa shape index (κ2) is 7.79. The molecule has 0 saturated carbocycles. The summed E-state index contributed by atoms with van der Waals surface area (Å²) in [5.74, 6) is 0.809. The van der Waals surface area contributed by atoms with Crippen LogP contribution >= 0.6 is 0 Å². The Bertz CT molecular complexity index is 404. The average molecular weight is 265 g/mol. The van der Waals surface area contributed by atoms with Crippen LogP contribution in [0.1, 0.15) is 26.3 Å². The summed E-state index contributed by atoms with van der Waals surface area (Å²) >= 11 is 0. The highest BCUT2D eigenvalue weighted by molar-refractivity contribution is 5.78. The molecule has 106 valence electrons. The van der Waals surface area contributed by atoms with Crippen LogP contribution in [0.5, 0.6) is 5.75 Å². The number of aliphatic hydroxyl groups is 1. The Morgan fingerprint density at radius 3 is 2.74 bits per heavy atom. The van der Waals surface area contributed by atoms with Crippen LogP contribution in [-0.2, 0) is 11.2 Å². The van der Waals surface area contributed by atoms with E-state index in [-0.39, 0.29) is 18.6 Å². The maximum absolute atomic E-state index is 12.0. The van der Waals surface area contributed by atoms with Crippen LogP contribution in [0.4, 0.5) is 0 Å². The third-order valence-electron chi connectivity index (χ3n) is 2.73. The van der Waals surface area contributed by atoms with Gasteiger partial charge in [-0.25, -0.2) is 0 Å². The van der Waals surface area contributed by atoms with E-state index in [2.05, 4.69) is 0 Å². The topological polar surface area (TPSA) is 49.8 Å². The first-order chi connectivity index (χ1) is 9.06. The van der Waals surface area contributed by atoms with Crippen LogP contribution in [0, 0.1) is 0 Å². The van der Waals surface area contributed by atoms with Gasteiger partial charge in [0.05, 0.1) is 19.1 Å². The lowest BCUT2D eigenvalue weighted by Crippen LogP contribution is -2.34. The first kappa shape index (κ1) is 15.5. The summed E-state index contributed by atoms with van der Waals surface area (Å²) in [5.41, 5.74) is 0.930. The second-order valence-electron chi connectivity index (χ2n) is 4.69. The van der Waals surface area contributed by atoms with Gasteiger partial charge in [0.1, 0.15) is 5.75 Å². The molecular weight excluding hydrogens is 242 g/mol. The maximum Gasteiger partial charge on any atom is 0.227 e. The summed E-state index contributed by atoms with van der Waals surface area (Å²) in [7, 11) is 0. The molecule has 0 aliphatic rings. The molecule has 1 amide bonds. The molecule has 0 radical (unpaired) electrons. The Kier molecular flexibility index (Phi) is 6.36. The molecule has 1 rings (SSSR count). The predicted molar refractivity (Wildman–Crippen MR) is 75.2 cm³/mol. The lowest BCUT2D eigenvalue weighted by atomic mass is 10.1. The fourth-order valence-electron chi connectivity index (χ4n) is 1.87. The Morgan fingerprint density at radius 1 is 1.42 bits per heavy atom. The number of hydrogen-bond acceptors (Lipinski definition) is 3. The Morgan fingerprint density at radius 2 is 2.16 bits per heavy atom. The van der Waals surface area contributed by atoms with E-state index in [1.54, 1.807) is 4.90 Å². The van der Waals surface area contributed by atoms with Crippen molar-refractivity contribution in [2.24, 2.45) is 0 Å². The molecule has 19 heavy (non-hydrogen) atoms. The number of amides is 1. The number of nitrogens with zero attached hydrogens (tertiary/aromatic N) is 1. The number of ether oxygens (including phenoxy) is 1. The van der Waals surface area contributed by atoms with Gasteiger partial charge in [-0.2, -0.15) is 0 Å². The number of aliphatic hydroxyl groups excluding tert-OH is 1. The Hall–Kier alpha value is -1.55. The lowest BCUT2D eigenvalue weighted by molar-refractivity contribution is -0.130. The predicted octanol–water partition coefficient (Wildman–Crippen LogP) is 1.86. The van der Waals surface area contributed by atoms with Gasteiger partial charge in [0.2, 0.25) is 5.91 Å². The van der Waals surface area contributed by atoms with Crippen molar-refractivity contribution in [3.8, 4) is 5.75 Å². The van der Waals surface area contributed by atoms with Crippen LogP contribution in [0.2, 0.25) is 0 Å². The minimum Gasteiger partial charge on any atom is -0.491 e. The molecule has 0 atom stereocenters. The molecule has 4 heteroatoms. The standard InChI is InChI=1S/C15H23NO3/c1-4-16(8-9-17)15(18)11-13-6-5-7-14(10-13)19-12(2)3/h5-7,10,12,17H,4,8-9,11H2,1-3H3. The molecule has 0 aliphatic heterocycles. The Balaban J connectivity index is 2.68. The van der Waals surface area contributed by atoms with Crippen molar-refractivity contribution < 1.29 is 14.6 Å². The van der Waals surface area contributed by atoms with E-state index in [0.717, 1.165) is 11.3 Å². The highest BCUT2D eigenvalue weighted by Crippen LogP contribution is 2.15. The van der Waals surface area contributed by atoms with E-state index in [1.165, 1.54) is 0 Å². The molecule has 4 nitrogen and oxygen atoms in total. The fraction of sp³-hybridized carbons (Fsp3) is 0.533. The average Bonchev–Trinajstić information content (AvgIpc) is 2.35. The first-order valence-corrected chi connectivity index (χ1v) is 6.71. The summed E-state index contributed by atoms with van der Waals surface area (Å²) in [6, 6.07) is 7.59. The molecule has 0 fully saturated rings. The van der Waals surface area contributed by atoms with E-state index in [9.17, 15) is 4.79 Å². The van der Waals surface area contributed by atoms with Gasteiger partial charge in [0, 0.05) is 13.1 Å². The van der Waals surface area contributed by atoms with Gasteiger partial charge in [0.15, 0.2) is 0 Å². The summed E-state index contributed by atoms with van der Waals surface area (Å²) < 4.78 is 5.61. The van der Waals surface area contributed by atoms with E-state index >= 15 is 0 Å². The zero-order valence-electron chi connectivity index (χ0n) is 11.9.